The highest BCUT2D eigenvalue weighted by atomic mass is 32.1. The molecule has 6 nitrogen and oxygen atoms in total. The molecule has 2 heterocycles. The molecular weight excluding hydrogens is 312 g/mol. The van der Waals surface area contributed by atoms with Gasteiger partial charge in [0.1, 0.15) is 0 Å². The van der Waals surface area contributed by atoms with Gasteiger partial charge in [0.2, 0.25) is 0 Å². The number of aromatic amines is 2. The van der Waals surface area contributed by atoms with Gasteiger partial charge in [0.05, 0.1) is 16.9 Å². The van der Waals surface area contributed by atoms with Crippen LogP contribution in [0.4, 0.5) is 0 Å². The van der Waals surface area contributed by atoms with Crippen LogP contribution in [-0.2, 0) is 0 Å². The number of carbonyl (C=O) groups excluding carboxylic acids is 1. The molecule has 3 rings (SSSR count). The van der Waals surface area contributed by atoms with E-state index in [2.05, 4.69) is 20.3 Å². The summed E-state index contributed by atoms with van der Waals surface area (Å²) in [5.41, 5.74) is 1.67. The van der Waals surface area contributed by atoms with E-state index in [1.165, 1.54) is 0 Å². The summed E-state index contributed by atoms with van der Waals surface area (Å²) in [5.74, 6) is -0.226. The van der Waals surface area contributed by atoms with Crippen LogP contribution in [0.25, 0.3) is 10.9 Å². The molecule has 3 N–H and O–H groups in total. The molecule has 2 aromatic heterocycles. The van der Waals surface area contributed by atoms with E-state index in [1.807, 2.05) is 19.1 Å². The molecule has 1 unspecified atom stereocenters. The van der Waals surface area contributed by atoms with Crippen molar-refractivity contribution in [3.05, 3.63) is 69.0 Å². The molecule has 0 radical (unpaired) electrons. The van der Waals surface area contributed by atoms with Gasteiger partial charge in [-0.3, -0.25) is 19.6 Å². The second kappa shape index (κ2) is 6.13. The number of rotatable bonds is 3. The SMILES string of the molecule is CC(NC(=O)c1ccc2c(=O)[nH]c(=S)[nH]c2c1)c1ccncc1. The van der Waals surface area contributed by atoms with Crippen LogP contribution in [0.3, 0.4) is 0 Å². The molecule has 0 spiro atoms. The summed E-state index contributed by atoms with van der Waals surface area (Å²) in [6.07, 6.45) is 3.36. The Morgan fingerprint density at radius 2 is 1.96 bits per heavy atom. The third-order valence-electron chi connectivity index (χ3n) is 3.56. The van der Waals surface area contributed by atoms with Gasteiger partial charge in [0.15, 0.2) is 4.77 Å². The van der Waals surface area contributed by atoms with Crippen molar-refractivity contribution in [2.45, 2.75) is 13.0 Å². The average Bonchev–Trinajstić information content (AvgIpc) is 2.54. The molecule has 3 aromatic rings. The highest BCUT2D eigenvalue weighted by Crippen LogP contribution is 2.14. The van der Waals surface area contributed by atoms with Crippen LogP contribution in [0.2, 0.25) is 0 Å². The van der Waals surface area contributed by atoms with Crippen LogP contribution in [0, 0.1) is 4.77 Å². The number of carbonyl (C=O) groups is 1. The van der Waals surface area contributed by atoms with E-state index < -0.39 is 0 Å². The number of benzene rings is 1. The fourth-order valence-corrected chi connectivity index (χ4v) is 2.53. The second-order valence-electron chi connectivity index (χ2n) is 5.14. The van der Waals surface area contributed by atoms with Gasteiger partial charge in [-0.15, -0.1) is 0 Å². The van der Waals surface area contributed by atoms with E-state index in [-0.39, 0.29) is 22.3 Å². The Hall–Kier alpha value is -2.80. The minimum atomic E-state index is -0.277. The van der Waals surface area contributed by atoms with Crippen LogP contribution in [0.5, 0.6) is 0 Å². The maximum Gasteiger partial charge on any atom is 0.259 e. The molecule has 116 valence electrons. The predicted octanol–water partition coefficient (Wildman–Crippen LogP) is 2.47. The van der Waals surface area contributed by atoms with Crippen LogP contribution in [-0.4, -0.2) is 20.9 Å². The van der Waals surface area contributed by atoms with Gasteiger partial charge < -0.3 is 10.3 Å². The number of nitrogens with zero attached hydrogens (tertiary/aromatic N) is 1. The Morgan fingerprint density at radius 3 is 2.70 bits per heavy atom. The van der Waals surface area contributed by atoms with E-state index in [0.717, 1.165) is 5.56 Å². The molecule has 1 aromatic carbocycles. The minimum Gasteiger partial charge on any atom is -0.346 e. The molecule has 0 aliphatic carbocycles. The van der Waals surface area contributed by atoms with Crippen molar-refractivity contribution < 1.29 is 4.79 Å². The number of amides is 1. The van der Waals surface area contributed by atoms with Crippen molar-refractivity contribution in [2.75, 3.05) is 0 Å². The lowest BCUT2D eigenvalue weighted by Crippen LogP contribution is -2.26. The van der Waals surface area contributed by atoms with Crippen molar-refractivity contribution in [1.82, 2.24) is 20.3 Å². The normalized spacial score (nSPS) is 12.0. The summed E-state index contributed by atoms with van der Waals surface area (Å²) in [4.78, 5) is 33.5. The largest absolute Gasteiger partial charge is 0.346 e. The molecule has 0 saturated carbocycles. The third-order valence-corrected chi connectivity index (χ3v) is 3.76. The van der Waals surface area contributed by atoms with Crippen LogP contribution in [0.1, 0.15) is 28.9 Å². The van der Waals surface area contributed by atoms with E-state index >= 15 is 0 Å². The first-order valence-electron chi connectivity index (χ1n) is 7.02. The van der Waals surface area contributed by atoms with Gasteiger partial charge >= 0.3 is 0 Å². The summed E-state index contributed by atoms with van der Waals surface area (Å²) in [5, 5.41) is 3.37. The van der Waals surface area contributed by atoms with Crippen molar-refractivity contribution in [3.63, 3.8) is 0 Å². The number of aromatic nitrogens is 3. The maximum absolute atomic E-state index is 12.4. The Kier molecular flexibility index (Phi) is 4.03. The quantitative estimate of drug-likeness (QED) is 0.645. The highest BCUT2D eigenvalue weighted by Gasteiger charge is 2.12. The fourth-order valence-electron chi connectivity index (χ4n) is 2.33. The van der Waals surface area contributed by atoms with E-state index in [0.29, 0.717) is 16.5 Å². The molecule has 7 heteroatoms. The average molecular weight is 326 g/mol. The lowest BCUT2D eigenvalue weighted by Gasteiger charge is -2.14. The minimum absolute atomic E-state index is 0.154. The standard InChI is InChI=1S/C16H14N4O2S/c1-9(10-4-6-17-7-5-10)18-14(21)11-2-3-12-13(8-11)19-16(23)20-15(12)22/h2-9H,1H3,(H,18,21)(H2,19,20,22,23). The predicted molar refractivity (Wildman–Crippen MR) is 89.9 cm³/mol. The molecule has 0 fully saturated rings. The molecule has 0 aliphatic rings. The van der Waals surface area contributed by atoms with Crippen LogP contribution < -0.4 is 10.9 Å². The summed E-state index contributed by atoms with van der Waals surface area (Å²) in [6.45, 7) is 1.90. The van der Waals surface area contributed by atoms with Crippen LogP contribution >= 0.6 is 12.2 Å². The third kappa shape index (κ3) is 3.19. The lowest BCUT2D eigenvalue weighted by atomic mass is 10.1. The molecule has 0 bridgehead atoms. The van der Waals surface area contributed by atoms with Gasteiger partial charge in [-0.1, -0.05) is 0 Å². The summed E-state index contributed by atoms with van der Waals surface area (Å²) >= 11 is 4.95. The van der Waals surface area contributed by atoms with E-state index in [4.69, 9.17) is 12.2 Å². The zero-order valence-corrected chi connectivity index (χ0v) is 13.1. The zero-order valence-electron chi connectivity index (χ0n) is 12.3. The Bertz CT molecular complexity index is 979. The number of nitrogens with one attached hydrogen (secondary N) is 3. The monoisotopic (exact) mass is 326 g/mol. The number of H-pyrrole nitrogens is 2. The molecular formula is C16H14N4O2S. The Morgan fingerprint density at radius 1 is 1.22 bits per heavy atom. The van der Waals surface area contributed by atoms with E-state index in [9.17, 15) is 9.59 Å². The lowest BCUT2D eigenvalue weighted by molar-refractivity contribution is 0.0940. The molecule has 0 aliphatic heterocycles. The van der Waals surface area contributed by atoms with E-state index in [1.54, 1.807) is 30.6 Å². The van der Waals surface area contributed by atoms with Crippen molar-refractivity contribution in [2.24, 2.45) is 0 Å². The first-order valence-corrected chi connectivity index (χ1v) is 7.42. The van der Waals surface area contributed by atoms with Gasteiger partial charge in [-0.05, 0) is 55.0 Å². The van der Waals surface area contributed by atoms with Gasteiger partial charge in [0.25, 0.3) is 11.5 Å². The molecule has 0 saturated heterocycles. The smallest absolute Gasteiger partial charge is 0.259 e. The molecule has 1 amide bonds. The van der Waals surface area contributed by atoms with Gasteiger partial charge in [-0.25, -0.2) is 0 Å². The Labute approximate surface area is 136 Å². The second-order valence-corrected chi connectivity index (χ2v) is 5.55. The summed E-state index contributed by atoms with van der Waals surface area (Å²) in [7, 11) is 0. The first-order chi connectivity index (χ1) is 11.0. The van der Waals surface area contributed by atoms with Crippen LogP contribution in [0.15, 0.2) is 47.5 Å². The number of hydrogen-bond donors (Lipinski definition) is 3. The maximum atomic E-state index is 12.4. The van der Waals surface area contributed by atoms with Crippen molar-refractivity contribution in [3.8, 4) is 0 Å². The number of hydrogen-bond acceptors (Lipinski definition) is 4. The number of pyridine rings is 1. The summed E-state index contributed by atoms with van der Waals surface area (Å²) in [6, 6.07) is 8.38. The van der Waals surface area contributed by atoms with Crippen molar-refractivity contribution in [1.29, 1.82) is 0 Å². The number of fused-ring (bicyclic) bond motifs is 1. The summed E-state index contributed by atoms with van der Waals surface area (Å²) < 4.78 is 0.227. The molecule has 23 heavy (non-hydrogen) atoms. The van der Waals surface area contributed by atoms with Gasteiger partial charge in [-0.2, -0.15) is 0 Å². The van der Waals surface area contributed by atoms with Crippen molar-refractivity contribution >= 4 is 29.0 Å². The first kappa shape index (κ1) is 15.1. The zero-order chi connectivity index (χ0) is 16.4. The molecule has 1 atom stereocenters. The highest BCUT2D eigenvalue weighted by molar-refractivity contribution is 7.71. The van der Waals surface area contributed by atoms with Gasteiger partial charge in [0, 0.05) is 18.0 Å². The fraction of sp³-hybridized carbons (Fsp3) is 0.125. The topological polar surface area (TPSA) is 90.6 Å². The Balaban J connectivity index is 1.89.